The second kappa shape index (κ2) is 8.30. The van der Waals surface area contributed by atoms with Crippen LogP contribution < -0.4 is 10.9 Å². The van der Waals surface area contributed by atoms with Crippen molar-refractivity contribution in [3.63, 3.8) is 0 Å². The third-order valence-electron chi connectivity index (χ3n) is 6.44. The van der Waals surface area contributed by atoms with E-state index in [-0.39, 0.29) is 17.9 Å². The summed E-state index contributed by atoms with van der Waals surface area (Å²) in [5, 5.41) is 8.53. The molecule has 0 unspecified atom stereocenters. The lowest BCUT2D eigenvalue weighted by Gasteiger charge is -2.11. The van der Waals surface area contributed by atoms with E-state index in [1.54, 1.807) is 16.4 Å². The molecule has 1 N–H and O–H groups in total. The Morgan fingerprint density at radius 2 is 1.68 bits per heavy atom. The van der Waals surface area contributed by atoms with Crippen LogP contribution in [0.25, 0.3) is 22.2 Å². The van der Waals surface area contributed by atoms with Gasteiger partial charge in [0.1, 0.15) is 5.69 Å². The van der Waals surface area contributed by atoms with Crippen molar-refractivity contribution in [2.45, 2.75) is 33.6 Å². The maximum absolute atomic E-state index is 13.1. The van der Waals surface area contributed by atoms with Crippen LogP contribution in [0, 0.1) is 20.8 Å². The molecule has 5 aromatic rings. The van der Waals surface area contributed by atoms with Crippen LogP contribution in [0.3, 0.4) is 0 Å². The fourth-order valence-corrected chi connectivity index (χ4v) is 4.49. The summed E-state index contributed by atoms with van der Waals surface area (Å²) in [6.45, 7) is 5.79. The van der Waals surface area contributed by atoms with Crippen LogP contribution in [-0.2, 0) is 18.3 Å². The molecule has 0 aliphatic carbocycles. The molecule has 0 fully saturated rings. The summed E-state index contributed by atoms with van der Waals surface area (Å²) in [4.78, 5) is 30.7. The molecule has 34 heavy (non-hydrogen) atoms. The number of rotatable bonds is 5. The molecule has 8 nitrogen and oxygen atoms in total. The van der Waals surface area contributed by atoms with Gasteiger partial charge in [0.25, 0.3) is 5.56 Å². The Morgan fingerprint density at radius 3 is 2.44 bits per heavy atom. The number of amides is 1. The van der Waals surface area contributed by atoms with Crippen molar-refractivity contribution < 1.29 is 4.79 Å². The number of nitrogens with zero attached hydrogens (tertiary/aromatic N) is 5. The largest absolute Gasteiger partial charge is 0.320 e. The van der Waals surface area contributed by atoms with Gasteiger partial charge in [-0.05, 0) is 57.0 Å². The fraction of sp³-hybridized carbons (Fsp3) is 0.231. The van der Waals surface area contributed by atoms with Crippen LogP contribution in [0.5, 0.6) is 0 Å². The molecule has 0 atom stereocenters. The first-order valence-corrected chi connectivity index (χ1v) is 11.2. The molecule has 3 aromatic heterocycles. The maximum Gasteiger partial charge on any atom is 0.295 e. The number of aryl methyl sites for hydroxylation is 2. The monoisotopic (exact) mass is 454 g/mol. The lowest BCUT2D eigenvalue weighted by molar-refractivity contribution is -0.116. The first-order valence-electron chi connectivity index (χ1n) is 11.2. The van der Waals surface area contributed by atoms with Gasteiger partial charge < -0.3 is 5.32 Å². The molecule has 172 valence electrons. The minimum absolute atomic E-state index is 0.212. The predicted molar refractivity (Wildman–Crippen MR) is 133 cm³/mol. The number of carbonyl (C=O) groups excluding carboxylic acids is 1. The zero-order valence-corrected chi connectivity index (χ0v) is 19.7. The van der Waals surface area contributed by atoms with E-state index in [1.165, 1.54) is 0 Å². The van der Waals surface area contributed by atoms with E-state index in [0.29, 0.717) is 17.8 Å². The highest BCUT2D eigenvalue weighted by atomic mass is 16.2. The lowest BCUT2D eigenvalue weighted by atomic mass is 10.1. The highest BCUT2D eigenvalue weighted by molar-refractivity contribution is 5.92. The molecule has 5 rings (SSSR count). The molecule has 0 radical (unpaired) electrons. The van der Waals surface area contributed by atoms with E-state index in [9.17, 15) is 9.59 Å². The summed E-state index contributed by atoms with van der Waals surface area (Å²) in [6.07, 6.45) is 0.732. The number of hydrogen-bond acceptors (Lipinski definition) is 4. The van der Waals surface area contributed by atoms with E-state index in [4.69, 9.17) is 4.98 Å². The number of carbonyl (C=O) groups is 1. The predicted octanol–water partition coefficient (Wildman–Crippen LogP) is 3.87. The average Bonchev–Trinajstić information content (AvgIpc) is 3.30. The molecule has 0 bridgehead atoms. The summed E-state index contributed by atoms with van der Waals surface area (Å²) < 4.78 is 5.16. The first kappa shape index (κ1) is 21.6. The smallest absolute Gasteiger partial charge is 0.295 e. The molecule has 0 spiro atoms. The van der Waals surface area contributed by atoms with Crippen molar-refractivity contribution in [3.05, 3.63) is 87.6 Å². The van der Waals surface area contributed by atoms with Crippen molar-refractivity contribution >= 4 is 28.1 Å². The number of anilines is 1. The molecular formula is C26H26N6O2. The molecule has 0 aliphatic heterocycles. The SMILES string of the molecule is Cc1nc2c3ccccc3nn2c(C)c1CCC(=O)Nc1c(C)n(C)n(-c2ccccc2)c1=O. The van der Waals surface area contributed by atoms with Gasteiger partial charge in [-0.2, -0.15) is 5.10 Å². The van der Waals surface area contributed by atoms with Gasteiger partial charge in [-0.15, -0.1) is 0 Å². The second-order valence-electron chi connectivity index (χ2n) is 8.50. The van der Waals surface area contributed by atoms with Gasteiger partial charge in [0.05, 0.1) is 16.9 Å². The van der Waals surface area contributed by atoms with Crippen molar-refractivity contribution in [1.82, 2.24) is 24.0 Å². The minimum Gasteiger partial charge on any atom is -0.320 e. The van der Waals surface area contributed by atoms with E-state index in [1.807, 2.05) is 79.9 Å². The van der Waals surface area contributed by atoms with Crippen LogP contribution in [0.2, 0.25) is 0 Å². The van der Waals surface area contributed by atoms with E-state index >= 15 is 0 Å². The van der Waals surface area contributed by atoms with Crippen molar-refractivity contribution in [2.75, 3.05) is 5.32 Å². The van der Waals surface area contributed by atoms with Gasteiger partial charge in [-0.1, -0.05) is 30.3 Å². The van der Waals surface area contributed by atoms with E-state index < -0.39 is 0 Å². The Labute approximate surface area is 196 Å². The molecule has 8 heteroatoms. The average molecular weight is 455 g/mol. The number of aromatic nitrogens is 5. The minimum atomic E-state index is -0.252. The normalized spacial score (nSPS) is 11.4. The van der Waals surface area contributed by atoms with Crippen LogP contribution in [0.4, 0.5) is 5.69 Å². The standard InChI is InChI=1S/C26H26N6O2/c1-16-20(17(2)31-25(27-16)21-12-8-9-13-22(21)29-31)14-15-23(33)28-24-18(3)30(4)32(26(24)34)19-10-6-5-7-11-19/h5-13H,14-15H2,1-4H3,(H,28,33). The first-order chi connectivity index (χ1) is 16.4. The van der Waals surface area contributed by atoms with Crippen molar-refractivity contribution in [2.24, 2.45) is 7.05 Å². The molecule has 0 saturated carbocycles. The number of para-hydroxylation sites is 1. The Balaban J connectivity index is 1.39. The number of benzene rings is 2. The van der Waals surface area contributed by atoms with Gasteiger partial charge in [-0.3, -0.25) is 14.3 Å². The van der Waals surface area contributed by atoms with Crippen molar-refractivity contribution in [1.29, 1.82) is 0 Å². The van der Waals surface area contributed by atoms with Gasteiger partial charge in [0.2, 0.25) is 5.91 Å². The zero-order chi connectivity index (χ0) is 24.0. The van der Waals surface area contributed by atoms with Crippen molar-refractivity contribution in [3.8, 4) is 5.69 Å². The van der Waals surface area contributed by atoms with Crippen LogP contribution in [0.15, 0.2) is 59.4 Å². The van der Waals surface area contributed by atoms with Crippen LogP contribution in [-0.4, -0.2) is 29.9 Å². The lowest BCUT2D eigenvalue weighted by Crippen LogP contribution is -2.23. The van der Waals surface area contributed by atoms with E-state index in [2.05, 4.69) is 10.4 Å². The third-order valence-corrected chi connectivity index (χ3v) is 6.44. The summed E-state index contributed by atoms with van der Waals surface area (Å²) >= 11 is 0. The fourth-order valence-electron chi connectivity index (χ4n) is 4.49. The van der Waals surface area contributed by atoms with Crippen LogP contribution >= 0.6 is 0 Å². The highest BCUT2D eigenvalue weighted by Crippen LogP contribution is 2.23. The van der Waals surface area contributed by atoms with Crippen LogP contribution in [0.1, 0.15) is 29.1 Å². The summed E-state index contributed by atoms with van der Waals surface area (Å²) in [5.41, 5.74) is 6.04. The molecule has 0 saturated heterocycles. The number of nitrogens with one attached hydrogen (secondary N) is 1. The second-order valence-corrected chi connectivity index (χ2v) is 8.50. The topological polar surface area (TPSA) is 86.2 Å². The Kier molecular flexibility index (Phi) is 5.28. The molecule has 1 amide bonds. The number of hydrogen-bond donors (Lipinski definition) is 1. The Morgan fingerprint density at radius 1 is 0.971 bits per heavy atom. The van der Waals surface area contributed by atoms with E-state index in [0.717, 1.165) is 39.2 Å². The quantitative estimate of drug-likeness (QED) is 0.437. The molecule has 0 aliphatic rings. The van der Waals surface area contributed by atoms with Gasteiger partial charge in [-0.25, -0.2) is 14.2 Å². The van der Waals surface area contributed by atoms with Gasteiger partial charge in [0, 0.05) is 30.2 Å². The van der Waals surface area contributed by atoms with Gasteiger partial charge >= 0.3 is 0 Å². The Hall–Kier alpha value is -4.20. The molecular weight excluding hydrogens is 428 g/mol. The molecule has 2 aromatic carbocycles. The maximum atomic E-state index is 13.1. The third kappa shape index (κ3) is 3.48. The summed E-state index contributed by atoms with van der Waals surface area (Å²) in [5.74, 6) is -0.212. The zero-order valence-electron chi connectivity index (χ0n) is 19.7. The summed E-state index contributed by atoms with van der Waals surface area (Å²) in [7, 11) is 1.81. The molecule has 3 heterocycles. The van der Waals surface area contributed by atoms with Gasteiger partial charge in [0.15, 0.2) is 5.65 Å². The Bertz CT molecular complexity index is 1610. The summed E-state index contributed by atoms with van der Waals surface area (Å²) in [6, 6.07) is 17.3. The highest BCUT2D eigenvalue weighted by Gasteiger charge is 2.19. The number of fused-ring (bicyclic) bond motifs is 3.